The van der Waals surface area contributed by atoms with Crippen molar-refractivity contribution in [2.75, 3.05) is 6.61 Å². The Hall–Kier alpha value is -2.81. The first-order chi connectivity index (χ1) is 14.5. The molecule has 3 aliphatic carbocycles. The zero-order chi connectivity index (χ0) is 22.6. The minimum atomic E-state index is -0.913. The first kappa shape index (κ1) is 21.4. The molecule has 0 saturated heterocycles. The van der Waals surface area contributed by atoms with Crippen molar-refractivity contribution >= 4 is 23.4 Å². The number of nitrogens with zero attached hydrogens (tertiary/aromatic N) is 2. The summed E-state index contributed by atoms with van der Waals surface area (Å²) in [5.74, 6) is -0.718. The highest BCUT2D eigenvalue weighted by Gasteiger charge is 2.73. The quantitative estimate of drug-likeness (QED) is 0.640. The van der Waals surface area contributed by atoms with Crippen LogP contribution in [0.15, 0.2) is 18.2 Å². The number of hydrogen-bond donors (Lipinski definition) is 2. The van der Waals surface area contributed by atoms with E-state index < -0.39 is 23.2 Å². The van der Waals surface area contributed by atoms with Gasteiger partial charge in [-0.3, -0.25) is 14.3 Å². The molecule has 0 spiro atoms. The number of hydrogen-bond acceptors (Lipinski definition) is 5. The number of nitrogens with two attached hydrogens (primary N) is 1. The summed E-state index contributed by atoms with van der Waals surface area (Å²) in [4.78, 5) is 24.4. The zero-order valence-corrected chi connectivity index (χ0v) is 18.3. The summed E-state index contributed by atoms with van der Waals surface area (Å²) >= 11 is 5.69. The Bertz CT molecular complexity index is 1050. The Kier molecular flexibility index (Phi) is 5.12. The molecular formula is C21H24ClFN4O4. The molecule has 1 unspecified atom stereocenters. The van der Waals surface area contributed by atoms with Crippen molar-refractivity contribution in [2.45, 2.75) is 44.8 Å². The van der Waals surface area contributed by atoms with Gasteiger partial charge in [-0.25, -0.2) is 4.39 Å². The van der Waals surface area contributed by atoms with Gasteiger partial charge in [-0.1, -0.05) is 11.6 Å². The number of rotatable bonds is 8. The molecule has 2 aromatic rings. The molecular weight excluding hydrogens is 427 g/mol. The first-order valence-corrected chi connectivity index (χ1v) is 10.3. The molecule has 5 rings (SSSR count). The number of primary amides is 1. The minimum Gasteiger partial charge on any atom is -0.480 e. The van der Waals surface area contributed by atoms with Gasteiger partial charge in [0.1, 0.15) is 17.3 Å². The Morgan fingerprint density at radius 1 is 1.35 bits per heavy atom. The highest BCUT2D eigenvalue weighted by atomic mass is 35.5. The van der Waals surface area contributed by atoms with E-state index in [-0.39, 0.29) is 28.8 Å². The summed E-state index contributed by atoms with van der Waals surface area (Å²) < 4.78 is 26.8. The smallest absolute Gasteiger partial charge is 0.259 e. The largest absolute Gasteiger partial charge is 0.480 e. The number of carbonyl (C=O) groups is 2. The van der Waals surface area contributed by atoms with Crippen molar-refractivity contribution in [3.05, 3.63) is 40.4 Å². The molecule has 8 nitrogen and oxygen atoms in total. The van der Waals surface area contributed by atoms with Gasteiger partial charge in [-0.2, -0.15) is 5.10 Å². The van der Waals surface area contributed by atoms with Crippen LogP contribution in [-0.4, -0.2) is 39.8 Å². The van der Waals surface area contributed by atoms with E-state index in [0.29, 0.717) is 25.0 Å². The van der Waals surface area contributed by atoms with E-state index in [1.807, 2.05) is 20.9 Å². The van der Waals surface area contributed by atoms with E-state index in [1.165, 1.54) is 12.1 Å². The van der Waals surface area contributed by atoms with Gasteiger partial charge in [0.15, 0.2) is 18.5 Å². The fraction of sp³-hybridized carbons (Fsp3) is 0.476. The van der Waals surface area contributed by atoms with Crippen molar-refractivity contribution in [3.8, 4) is 11.5 Å². The highest BCUT2D eigenvalue weighted by molar-refractivity contribution is 6.30. The molecule has 0 aliphatic heterocycles. The molecule has 3 saturated carbocycles. The lowest BCUT2D eigenvalue weighted by atomic mass is 9.37. The van der Waals surface area contributed by atoms with Crippen molar-refractivity contribution in [2.24, 2.45) is 18.2 Å². The van der Waals surface area contributed by atoms with E-state index in [2.05, 4.69) is 10.4 Å². The number of amides is 2. The van der Waals surface area contributed by atoms with E-state index in [0.717, 1.165) is 17.5 Å². The second kappa shape index (κ2) is 7.40. The summed E-state index contributed by atoms with van der Waals surface area (Å²) in [5.41, 5.74) is 6.27. The van der Waals surface area contributed by atoms with Crippen LogP contribution in [0.5, 0.6) is 11.5 Å². The Labute approximate surface area is 183 Å². The van der Waals surface area contributed by atoms with Crippen LogP contribution in [0.2, 0.25) is 5.02 Å². The van der Waals surface area contributed by atoms with E-state index in [1.54, 1.807) is 4.68 Å². The fourth-order valence-electron chi connectivity index (χ4n) is 4.88. The second-order valence-corrected chi connectivity index (χ2v) is 9.02. The van der Waals surface area contributed by atoms with E-state index >= 15 is 0 Å². The predicted molar refractivity (Wildman–Crippen MR) is 110 cm³/mol. The number of benzene rings is 1. The summed E-state index contributed by atoms with van der Waals surface area (Å²) in [6, 6.07) is 3.98. The first-order valence-electron chi connectivity index (χ1n) is 9.89. The Morgan fingerprint density at radius 2 is 2.03 bits per heavy atom. The predicted octanol–water partition coefficient (Wildman–Crippen LogP) is 2.18. The maximum Gasteiger partial charge on any atom is 0.259 e. The third-order valence-corrected chi connectivity index (χ3v) is 6.53. The van der Waals surface area contributed by atoms with Gasteiger partial charge in [0, 0.05) is 24.1 Å². The lowest BCUT2D eigenvalue weighted by Crippen LogP contribution is -2.80. The lowest BCUT2D eigenvalue weighted by Gasteiger charge is -2.71. The molecule has 1 aromatic heterocycles. The van der Waals surface area contributed by atoms with Crippen molar-refractivity contribution in [3.63, 3.8) is 0 Å². The zero-order valence-electron chi connectivity index (χ0n) is 17.5. The van der Waals surface area contributed by atoms with Crippen LogP contribution in [0.1, 0.15) is 30.7 Å². The number of ether oxygens (including phenoxy) is 2. The molecule has 2 bridgehead atoms. The van der Waals surface area contributed by atoms with Gasteiger partial charge in [0.25, 0.3) is 11.8 Å². The summed E-state index contributed by atoms with van der Waals surface area (Å²) in [7, 11) is 1.81. The van der Waals surface area contributed by atoms with Gasteiger partial charge in [-0.05, 0) is 45.2 Å². The third kappa shape index (κ3) is 3.71. The summed E-state index contributed by atoms with van der Waals surface area (Å²) in [6.45, 7) is 3.57. The number of aryl methyl sites for hydroxylation is 2. The molecule has 1 atom stereocenters. The molecule has 1 heterocycles. The molecule has 31 heavy (non-hydrogen) atoms. The van der Waals surface area contributed by atoms with Crippen LogP contribution < -0.4 is 20.5 Å². The molecule has 0 radical (unpaired) electrons. The lowest BCUT2D eigenvalue weighted by molar-refractivity contribution is -0.208. The normalized spacial score (nSPS) is 24.5. The van der Waals surface area contributed by atoms with E-state index in [4.69, 9.17) is 26.8 Å². The van der Waals surface area contributed by atoms with Crippen LogP contribution in [0, 0.1) is 25.1 Å². The van der Waals surface area contributed by atoms with Gasteiger partial charge in [0.05, 0.1) is 10.7 Å². The number of halogens is 2. The molecule has 1 aromatic carbocycles. The summed E-state index contributed by atoms with van der Waals surface area (Å²) in [6.07, 6.45) is 0.755. The monoisotopic (exact) mass is 450 g/mol. The molecule has 10 heteroatoms. The summed E-state index contributed by atoms with van der Waals surface area (Å²) in [5, 5.41) is 7.22. The van der Waals surface area contributed by atoms with Crippen LogP contribution in [0.4, 0.5) is 4.39 Å². The van der Waals surface area contributed by atoms with Crippen molar-refractivity contribution in [1.82, 2.24) is 15.1 Å². The number of carbonyl (C=O) groups excluding carboxylic acids is 2. The fourth-order valence-corrected chi connectivity index (χ4v) is 5.00. The Balaban J connectivity index is 1.33. The van der Waals surface area contributed by atoms with Crippen molar-refractivity contribution in [1.29, 1.82) is 0 Å². The molecule has 3 N–H and O–H groups in total. The molecule has 2 amide bonds. The van der Waals surface area contributed by atoms with Crippen molar-refractivity contribution < 1.29 is 23.5 Å². The molecule has 3 aliphatic rings. The second-order valence-electron chi connectivity index (χ2n) is 8.61. The van der Waals surface area contributed by atoms with Gasteiger partial charge in [-0.15, -0.1) is 0 Å². The van der Waals surface area contributed by atoms with Gasteiger partial charge >= 0.3 is 0 Å². The maximum atomic E-state index is 13.7. The van der Waals surface area contributed by atoms with E-state index in [9.17, 15) is 14.0 Å². The average Bonchev–Trinajstić information content (AvgIpc) is 2.88. The highest BCUT2D eigenvalue weighted by Crippen LogP contribution is 2.69. The SMILES string of the molecule is Cc1nn(C)c(C)c1OCC(=O)NC12CC(C(Oc3ccc(Cl)c(F)c3)C(N)=O)(C1)C2. The molecule has 3 fully saturated rings. The standard InChI is InChI=1S/C21H24ClFN4O4/c1-11-17(12(2)27(3)26-11)30-7-16(28)25-21-8-20(9-21,10-21)18(19(24)29)31-13-4-5-14(22)15(23)6-13/h4-6,18H,7-10H2,1-3H3,(H2,24,29)(H,25,28). The number of nitrogens with one attached hydrogen (secondary N) is 1. The topological polar surface area (TPSA) is 108 Å². The maximum absolute atomic E-state index is 13.7. The third-order valence-electron chi connectivity index (χ3n) is 6.23. The van der Waals surface area contributed by atoms with Gasteiger partial charge in [0.2, 0.25) is 0 Å². The average molecular weight is 451 g/mol. The van der Waals surface area contributed by atoms with Crippen LogP contribution in [-0.2, 0) is 16.6 Å². The number of aromatic nitrogens is 2. The minimum absolute atomic E-state index is 0.0333. The van der Waals surface area contributed by atoms with Crippen LogP contribution >= 0.6 is 11.6 Å². The van der Waals surface area contributed by atoms with Gasteiger partial charge < -0.3 is 20.5 Å². The molecule has 166 valence electrons. The Morgan fingerprint density at radius 3 is 2.58 bits per heavy atom. The van der Waals surface area contributed by atoms with Crippen LogP contribution in [0.25, 0.3) is 0 Å². The van der Waals surface area contributed by atoms with Crippen LogP contribution in [0.3, 0.4) is 0 Å².